The molecule has 78 valence electrons. The molecule has 1 aromatic rings. The second-order valence-corrected chi connectivity index (χ2v) is 2.77. The average Bonchev–Trinajstić information content (AvgIpc) is 2.25. The predicted molar refractivity (Wildman–Crippen MR) is 52.1 cm³/mol. The molecule has 1 rings (SSSR count). The Balaban J connectivity index is 2.72. The highest BCUT2D eigenvalue weighted by molar-refractivity contribution is 5.19. The van der Waals surface area contributed by atoms with Gasteiger partial charge in [-0.05, 0) is 6.54 Å². The lowest BCUT2D eigenvalue weighted by molar-refractivity contribution is 0.165. The summed E-state index contributed by atoms with van der Waals surface area (Å²) in [4.78, 5) is 7.98. The molecular formula is C9H15N3O2. The van der Waals surface area contributed by atoms with Crippen molar-refractivity contribution in [3.8, 4) is 5.88 Å². The highest BCUT2D eigenvalue weighted by atomic mass is 16.5. The van der Waals surface area contributed by atoms with Crippen molar-refractivity contribution in [3.63, 3.8) is 0 Å². The Bertz CT molecular complexity index is 281. The van der Waals surface area contributed by atoms with Crippen molar-refractivity contribution < 1.29 is 9.84 Å². The fourth-order valence-corrected chi connectivity index (χ4v) is 1.10. The predicted octanol–water partition coefficient (Wildman–Crippen LogP) is 0.128. The molecule has 0 aliphatic carbocycles. The number of likely N-dealkylation sites (N-methyl/N-ethyl adjacent to an activating group) is 1. The number of aliphatic hydroxyl groups is 1. The average molecular weight is 197 g/mol. The van der Waals surface area contributed by atoms with Gasteiger partial charge in [-0.25, -0.2) is 4.98 Å². The molecule has 0 amide bonds. The normalized spacial score (nSPS) is 12.5. The standard InChI is InChI=1S/C9H15N3O2/c1-3-10-6-7(13)8-9(14-2)12-5-4-11-8/h4-5,7,10,13H,3,6H2,1-2H3. The molecule has 0 radical (unpaired) electrons. The molecule has 0 aliphatic heterocycles. The van der Waals surface area contributed by atoms with Crippen molar-refractivity contribution in [3.05, 3.63) is 18.1 Å². The molecule has 1 aromatic heterocycles. The molecule has 5 nitrogen and oxygen atoms in total. The van der Waals surface area contributed by atoms with Gasteiger partial charge in [0.2, 0.25) is 5.88 Å². The zero-order valence-electron chi connectivity index (χ0n) is 8.40. The van der Waals surface area contributed by atoms with Gasteiger partial charge < -0.3 is 15.2 Å². The second kappa shape index (κ2) is 5.51. The molecule has 0 aromatic carbocycles. The van der Waals surface area contributed by atoms with E-state index < -0.39 is 6.10 Å². The van der Waals surface area contributed by atoms with Crippen molar-refractivity contribution in [1.29, 1.82) is 0 Å². The van der Waals surface area contributed by atoms with Crippen molar-refractivity contribution in [2.75, 3.05) is 20.2 Å². The topological polar surface area (TPSA) is 67.3 Å². The van der Waals surface area contributed by atoms with E-state index in [4.69, 9.17) is 4.74 Å². The maximum Gasteiger partial charge on any atom is 0.238 e. The van der Waals surface area contributed by atoms with E-state index in [1.807, 2.05) is 6.92 Å². The summed E-state index contributed by atoms with van der Waals surface area (Å²) in [6.07, 6.45) is 2.38. The summed E-state index contributed by atoms with van der Waals surface area (Å²) < 4.78 is 4.99. The first kappa shape index (κ1) is 10.9. The lowest BCUT2D eigenvalue weighted by Gasteiger charge is -2.12. The summed E-state index contributed by atoms with van der Waals surface area (Å²) in [6.45, 7) is 3.23. The molecule has 0 saturated carbocycles. The molecular weight excluding hydrogens is 182 g/mol. The summed E-state index contributed by atoms with van der Waals surface area (Å²) in [6, 6.07) is 0. The van der Waals surface area contributed by atoms with Crippen molar-refractivity contribution in [1.82, 2.24) is 15.3 Å². The Labute approximate surface area is 83.2 Å². The van der Waals surface area contributed by atoms with Crippen molar-refractivity contribution >= 4 is 0 Å². The van der Waals surface area contributed by atoms with Gasteiger partial charge in [-0.2, -0.15) is 0 Å². The van der Waals surface area contributed by atoms with Gasteiger partial charge in [0.25, 0.3) is 0 Å². The largest absolute Gasteiger partial charge is 0.480 e. The molecule has 1 atom stereocenters. The lowest BCUT2D eigenvalue weighted by atomic mass is 10.2. The van der Waals surface area contributed by atoms with Crippen LogP contribution < -0.4 is 10.1 Å². The molecule has 5 heteroatoms. The van der Waals surface area contributed by atoms with Gasteiger partial charge in [-0.1, -0.05) is 6.92 Å². The summed E-state index contributed by atoms with van der Waals surface area (Å²) in [5.74, 6) is 0.373. The molecule has 2 N–H and O–H groups in total. The number of nitrogens with zero attached hydrogens (tertiary/aromatic N) is 2. The number of aromatic nitrogens is 2. The zero-order valence-corrected chi connectivity index (χ0v) is 8.40. The number of hydrogen-bond acceptors (Lipinski definition) is 5. The van der Waals surface area contributed by atoms with E-state index >= 15 is 0 Å². The van der Waals surface area contributed by atoms with Gasteiger partial charge in [-0.3, -0.25) is 4.98 Å². The number of ether oxygens (including phenoxy) is 1. The van der Waals surface area contributed by atoms with Crippen LogP contribution in [0, 0.1) is 0 Å². The van der Waals surface area contributed by atoms with Crippen LogP contribution in [0.25, 0.3) is 0 Å². The maximum atomic E-state index is 9.72. The van der Waals surface area contributed by atoms with Crippen LogP contribution in [0.1, 0.15) is 18.7 Å². The summed E-state index contributed by atoms with van der Waals surface area (Å²) in [7, 11) is 1.51. The molecule has 0 bridgehead atoms. The second-order valence-electron chi connectivity index (χ2n) is 2.77. The van der Waals surface area contributed by atoms with Crippen LogP contribution >= 0.6 is 0 Å². The highest BCUT2D eigenvalue weighted by Gasteiger charge is 2.14. The van der Waals surface area contributed by atoms with Gasteiger partial charge in [0.15, 0.2) is 0 Å². The maximum absolute atomic E-state index is 9.72. The third kappa shape index (κ3) is 2.65. The van der Waals surface area contributed by atoms with Crippen LogP contribution in [0.15, 0.2) is 12.4 Å². The Kier molecular flexibility index (Phi) is 4.28. The van der Waals surface area contributed by atoms with Crippen LogP contribution in [0.4, 0.5) is 0 Å². The lowest BCUT2D eigenvalue weighted by Crippen LogP contribution is -2.22. The fraction of sp³-hybridized carbons (Fsp3) is 0.556. The third-order valence-electron chi connectivity index (χ3n) is 1.79. The molecule has 0 aliphatic rings. The first-order valence-electron chi connectivity index (χ1n) is 4.53. The van der Waals surface area contributed by atoms with Crippen molar-refractivity contribution in [2.45, 2.75) is 13.0 Å². The molecule has 1 heterocycles. The first-order chi connectivity index (χ1) is 6.79. The Hall–Kier alpha value is -1.20. The Morgan fingerprint density at radius 2 is 2.21 bits per heavy atom. The highest BCUT2D eigenvalue weighted by Crippen LogP contribution is 2.18. The molecule has 0 fully saturated rings. The first-order valence-corrected chi connectivity index (χ1v) is 4.53. The quantitative estimate of drug-likeness (QED) is 0.702. The van der Waals surface area contributed by atoms with E-state index in [1.54, 1.807) is 0 Å². The van der Waals surface area contributed by atoms with E-state index in [-0.39, 0.29) is 0 Å². The summed E-state index contributed by atoms with van der Waals surface area (Å²) in [5.41, 5.74) is 0.468. The van der Waals surface area contributed by atoms with Crippen LogP contribution in [0.5, 0.6) is 5.88 Å². The fourth-order valence-electron chi connectivity index (χ4n) is 1.10. The van der Waals surface area contributed by atoms with Crippen LogP contribution in [0.3, 0.4) is 0 Å². The van der Waals surface area contributed by atoms with Crippen LogP contribution in [0.2, 0.25) is 0 Å². The minimum atomic E-state index is -0.682. The minimum Gasteiger partial charge on any atom is -0.480 e. The number of hydrogen-bond donors (Lipinski definition) is 2. The van der Waals surface area contributed by atoms with Gasteiger partial charge >= 0.3 is 0 Å². The van der Waals surface area contributed by atoms with E-state index in [0.29, 0.717) is 18.1 Å². The van der Waals surface area contributed by atoms with Gasteiger partial charge in [-0.15, -0.1) is 0 Å². The van der Waals surface area contributed by atoms with E-state index in [9.17, 15) is 5.11 Å². The third-order valence-corrected chi connectivity index (χ3v) is 1.79. The number of rotatable bonds is 5. The number of aliphatic hydroxyl groups excluding tert-OH is 1. The van der Waals surface area contributed by atoms with Gasteiger partial charge in [0.05, 0.1) is 7.11 Å². The minimum absolute atomic E-state index is 0.373. The van der Waals surface area contributed by atoms with E-state index in [1.165, 1.54) is 19.5 Å². The smallest absolute Gasteiger partial charge is 0.238 e. The summed E-state index contributed by atoms with van der Waals surface area (Å²) in [5, 5.41) is 12.7. The molecule has 14 heavy (non-hydrogen) atoms. The van der Waals surface area contributed by atoms with Crippen molar-refractivity contribution in [2.24, 2.45) is 0 Å². The zero-order chi connectivity index (χ0) is 10.4. The SMILES string of the molecule is CCNCC(O)c1nccnc1OC. The molecule has 0 saturated heterocycles. The number of methoxy groups -OCH3 is 1. The molecule has 0 spiro atoms. The van der Waals surface area contributed by atoms with Gasteiger partial charge in [0.1, 0.15) is 11.8 Å². The van der Waals surface area contributed by atoms with E-state index in [2.05, 4.69) is 15.3 Å². The Morgan fingerprint density at radius 3 is 2.86 bits per heavy atom. The Morgan fingerprint density at radius 1 is 1.50 bits per heavy atom. The van der Waals surface area contributed by atoms with Gasteiger partial charge in [0, 0.05) is 18.9 Å². The molecule has 1 unspecified atom stereocenters. The van der Waals surface area contributed by atoms with E-state index in [0.717, 1.165) is 6.54 Å². The van der Waals surface area contributed by atoms with Crippen LogP contribution in [-0.4, -0.2) is 35.3 Å². The number of nitrogens with one attached hydrogen (secondary N) is 1. The monoisotopic (exact) mass is 197 g/mol. The van der Waals surface area contributed by atoms with Crippen LogP contribution in [-0.2, 0) is 0 Å². The summed E-state index contributed by atoms with van der Waals surface area (Å²) >= 11 is 0.